The molecule has 114 valence electrons. The summed E-state index contributed by atoms with van der Waals surface area (Å²) in [6.07, 6.45) is 7.41. The van der Waals surface area contributed by atoms with Crippen molar-refractivity contribution < 1.29 is 5.11 Å². The Hall–Kier alpha value is -1.50. The van der Waals surface area contributed by atoms with Crippen LogP contribution in [0.4, 0.5) is 0 Å². The van der Waals surface area contributed by atoms with E-state index in [0.717, 1.165) is 17.5 Å². The lowest BCUT2D eigenvalue weighted by molar-refractivity contribution is 0.422. The zero-order valence-corrected chi connectivity index (χ0v) is 14.5. The van der Waals surface area contributed by atoms with Crippen LogP contribution < -0.4 is 0 Å². The third-order valence-corrected chi connectivity index (χ3v) is 4.15. The summed E-state index contributed by atoms with van der Waals surface area (Å²) >= 11 is 0. The fourth-order valence-corrected chi connectivity index (χ4v) is 3.16. The molecule has 1 aromatic carbocycles. The smallest absolute Gasteiger partial charge is 0.123 e. The summed E-state index contributed by atoms with van der Waals surface area (Å²) < 4.78 is 0. The first-order valence-corrected chi connectivity index (χ1v) is 7.77. The van der Waals surface area contributed by atoms with Crippen LogP contribution in [0.1, 0.15) is 70.2 Å². The Labute approximate surface area is 129 Å². The lowest BCUT2D eigenvalue weighted by Gasteiger charge is -2.31. The van der Waals surface area contributed by atoms with Gasteiger partial charge >= 0.3 is 0 Å². The number of benzene rings is 1. The summed E-state index contributed by atoms with van der Waals surface area (Å²) in [5, 5.41) is 11.0. The van der Waals surface area contributed by atoms with Crippen LogP contribution >= 0.6 is 0 Å². The highest BCUT2D eigenvalue weighted by Crippen LogP contribution is 2.45. The molecule has 1 nitrogen and oxygen atoms in total. The second kappa shape index (κ2) is 5.05. The molecule has 1 N–H and O–H groups in total. The zero-order valence-electron chi connectivity index (χ0n) is 14.5. The van der Waals surface area contributed by atoms with Crippen molar-refractivity contribution >= 4 is 5.57 Å². The number of phenols is 1. The number of rotatable bonds is 1. The summed E-state index contributed by atoms with van der Waals surface area (Å²) in [6, 6.07) is 2.17. The highest BCUT2D eigenvalue weighted by atomic mass is 16.3. The van der Waals surface area contributed by atoms with Gasteiger partial charge in [-0.2, -0.15) is 0 Å². The SMILES string of the molecule is Cc1cc(C(C)(C)C)c(O)c(C(C)(C)C)c1C1=CC=CC1. The second-order valence-electron chi connectivity index (χ2n) is 8.16. The molecule has 1 aliphatic rings. The van der Waals surface area contributed by atoms with Crippen molar-refractivity contribution in [2.75, 3.05) is 0 Å². The predicted octanol–water partition coefficient (Wildman–Crippen LogP) is 5.64. The molecule has 0 saturated heterocycles. The molecule has 0 unspecified atom stereocenters. The van der Waals surface area contributed by atoms with Crippen molar-refractivity contribution in [3.63, 3.8) is 0 Å². The van der Waals surface area contributed by atoms with Crippen LogP contribution in [0.3, 0.4) is 0 Å². The molecule has 0 radical (unpaired) electrons. The van der Waals surface area contributed by atoms with Gasteiger partial charge in [-0.05, 0) is 46.4 Å². The quantitative estimate of drug-likeness (QED) is 0.707. The van der Waals surface area contributed by atoms with Crippen LogP contribution in [0, 0.1) is 6.92 Å². The van der Waals surface area contributed by atoms with E-state index < -0.39 is 0 Å². The largest absolute Gasteiger partial charge is 0.507 e. The Kier molecular flexibility index (Phi) is 3.82. The van der Waals surface area contributed by atoms with Crippen LogP contribution in [0.2, 0.25) is 0 Å². The van der Waals surface area contributed by atoms with Gasteiger partial charge in [-0.15, -0.1) is 0 Å². The fourth-order valence-electron chi connectivity index (χ4n) is 3.16. The van der Waals surface area contributed by atoms with Gasteiger partial charge in [-0.3, -0.25) is 0 Å². The van der Waals surface area contributed by atoms with E-state index in [-0.39, 0.29) is 10.8 Å². The number of hydrogen-bond donors (Lipinski definition) is 1. The lowest BCUT2D eigenvalue weighted by atomic mass is 9.74. The predicted molar refractivity (Wildman–Crippen MR) is 92.0 cm³/mol. The number of aryl methyl sites for hydroxylation is 1. The first-order valence-electron chi connectivity index (χ1n) is 7.77. The van der Waals surface area contributed by atoms with Crippen LogP contribution in [0.5, 0.6) is 5.75 Å². The maximum Gasteiger partial charge on any atom is 0.123 e. The Bertz CT molecular complexity index is 617. The monoisotopic (exact) mass is 284 g/mol. The topological polar surface area (TPSA) is 20.2 Å². The Balaban J connectivity index is 2.81. The molecule has 0 aromatic heterocycles. The average Bonchev–Trinajstić information content (AvgIpc) is 2.81. The van der Waals surface area contributed by atoms with Crippen molar-refractivity contribution in [1.82, 2.24) is 0 Å². The van der Waals surface area contributed by atoms with Crippen LogP contribution in [0.15, 0.2) is 24.3 Å². The number of allylic oxidation sites excluding steroid dienone is 4. The van der Waals surface area contributed by atoms with Gasteiger partial charge in [0.2, 0.25) is 0 Å². The molecular formula is C20H28O. The van der Waals surface area contributed by atoms with E-state index in [2.05, 4.69) is 72.8 Å². The molecule has 0 saturated carbocycles. The van der Waals surface area contributed by atoms with Gasteiger partial charge in [0.05, 0.1) is 0 Å². The minimum Gasteiger partial charge on any atom is -0.507 e. The first kappa shape index (κ1) is 15.9. The molecule has 0 fully saturated rings. The summed E-state index contributed by atoms with van der Waals surface area (Å²) in [5.74, 6) is 0.475. The van der Waals surface area contributed by atoms with E-state index in [0.29, 0.717) is 5.75 Å². The minimum atomic E-state index is -0.0884. The molecule has 0 heterocycles. The molecule has 0 atom stereocenters. The van der Waals surface area contributed by atoms with Crippen molar-refractivity contribution in [2.24, 2.45) is 0 Å². The van der Waals surface area contributed by atoms with E-state index in [1.165, 1.54) is 16.7 Å². The Morgan fingerprint density at radius 2 is 1.62 bits per heavy atom. The van der Waals surface area contributed by atoms with Gasteiger partial charge in [0.15, 0.2) is 0 Å². The number of aromatic hydroxyl groups is 1. The molecule has 2 rings (SSSR count). The van der Waals surface area contributed by atoms with Crippen molar-refractivity contribution in [2.45, 2.75) is 65.7 Å². The molecule has 0 bridgehead atoms. The molecule has 1 aliphatic carbocycles. The first-order chi connectivity index (χ1) is 9.53. The van der Waals surface area contributed by atoms with Gasteiger partial charge in [0.1, 0.15) is 5.75 Å². The molecule has 0 spiro atoms. The number of hydrogen-bond acceptors (Lipinski definition) is 1. The highest BCUT2D eigenvalue weighted by molar-refractivity contribution is 5.78. The van der Waals surface area contributed by atoms with Crippen LogP contribution in [-0.4, -0.2) is 5.11 Å². The zero-order chi connectivity index (χ0) is 16.0. The standard InChI is InChI=1S/C20H28O/c1-13-12-15(19(2,3)4)18(21)17(20(5,6)7)16(13)14-10-8-9-11-14/h8-10,12,21H,11H2,1-7H3. The van der Waals surface area contributed by atoms with Gasteiger partial charge < -0.3 is 5.11 Å². The lowest BCUT2D eigenvalue weighted by Crippen LogP contribution is -2.20. The third kappa shape index (κ3) is 2.92. The third-order valence-electron chi connectivity index (χ3n) is 4.15. The van der Waals surface area contributed by atoms with Crippen LogP contribution in [0.25, 0.3) is 5.57 Å². The molecular weight excluding hydrogens is 256 g/mol. The fraction of sp³-hybridized carbons (Fsp3) is 0.500. The Morgan fingerprint density at radius 1 is 1.00 bits per heavy atom. The summed E-state index contributed by atoms with van der Waals surface area (Å²) in [7, 11) is 0. The van der Waals surface area contributed by atoms with E-state index >= 15 is 0 Å². The molecule has 0 aliphatic heterocycles. The van der Waals surface area contributed by atoms with E-state index in [1.54, 1.807) is 0 Å². The molecule has 1 heteroatoms. The second-order valence-corrected chi connectivity index (χ2v) is 8.16. The summed E-state index contributed by atoms with van der Waals surface area (Å²) in [6.45, 7) is 15.2. The number of phenolic OH excluding ortho intramolecular Hbond substituents is 1. The maximum atomic E-state index is 11.0. The van der Waals surface area contributed by atoms with Crippen LogP contribution in [-0.2, 0) is 10.8 Å². The molecule has 0 amide bonds. The summed E-state index contributed by atoms with van der Waals surface area (Å²) in [5.41, 5.74) is 5.79. The average molecular weight is 284 g/mol. The van der Waals surface area contributed by atoms with E-state index in [4.69, 9.17) is 0 Å². The molecule has 1 aromatic rings. The van der Waals surface area contributed by atoms with E-state index in [1.807, 2.05) is 0 Å². The van der Waals surface area contributed by atoms with E-state index in [9.17, 15) is 5.11 Å². The van der Waals surface area contributed by atoms with Gasteiger partial charge in [0, 0.05) is 5.56 Å². The van der Waals surface area contributed by atoms with Crippen molar-refractivity contribution in [1.29, 1.82) is 0 Å². The van der Waals surface area contributed by atoms with Crippen molar-refractivity contribution in [3.05, 3.63) is 46.5 Å². The van der Waals surface area contributed by atoms with Gasteiger partial charge in [0.25, 0.3) is 0 Å². The molecule has 21 heavy (non-hydrogen) atoms. The minimum absolute atomic E-state index is 0.0598. The van der Waals surface area contributed by atoms with Crippen molar-refractivity contribution in [3.8, 4) is 5.75 Å². The van der Waals surface area contributed by atoms with Gasteiger partial charge in [-0.25, -0.2) is 0 Å². The highest BCUT2D eigenvalue weighted by Gasteiger charge is 2.30. The summed E-state index contributed by atoms with van der Waals surface area (Å²) in [4.78, 5) is 0. The van der Waals surface area contributed by atoms with Gasteiger partial charge in [-0.1, -0.05) is 65.8 Å². The Morgan fingerprint density at radius 3 is 2.05 bits per heavy atom. The normalized spacial score (nSPS) is 15.5. The maximum absolute atomic E-state index is 11.0.